The first-order chi connectivity index (χ1) is 15.1. The number of aromatic nitrogens is 5. The van der Waals surface area contributed by atoms with Gasteiger partial charge in [-0.25, -0.2) is 4.98 Å². The fourth-order valence-electron chi connectivity index (χ4n) is 4.58. The molecule has 0 bridgehead atoms. The van der Waals surface area contributed by atoms with Gasteiger partial charge in [-0.1, -0.05) is 13.3 Å². The Bertz CT molecular complexity index is 1230. The molecule has 2 amide bonds. The first-order valence-corrected chi connectivity index (χ1v) is 10.4. The molecular weight excluding hydrogens is 398 g/mol. The summed E-state index contributed by atoms with van der Waals surface area (Å²) in [5, 5.41) is 14.4. The summed E-state index contributed by atoms with van der Waals surface area (Å²) in [7, 11) is 0. The van der Waals surface area contributed by atoms with Crippen LogP contribution in [0.2, 0.25) is 0 Å². The first-order valence-electron chi connectivity index (χ1n) is 10.4. The van der Waals surface area contributed by atoms with E-state index < -0.39 is 5.91 Å². The van der Waals surface area contributed by atoms with Crippen LogP contribution in [0.3, 0.4) is 0 Å². The third-order valence-corrected chi connectivity index (χ3v) is 6.04. The Morgan fingerprint density at radius 1 is 1.29 bits per heavy atom. The summed E-state index contributed by atoms with van der Waals surface area (Å²) in [5.41, 5.74) is 2.45. The number of fused-ring (bicyclic) bond motifs is 3. The lowest BCUT2D eigenvalue weighted by atomic mass is 9.93. The summed E-state index contributed by atoms with van der Waals surface area (Å²) >= 11 is 0. The van der Waals surface area contributed by atoms with Crippen molar-refractivity contribution in [2.75, 3.05) is 6.54 Å². The predicted molar refractivity (Wildman–Crippen MR) is 111 cm³/mol. The first kappa shape index (κ1) is 19.3. The largest absolute Gasteiger partial charge is 0.459 e. The predicted octanol–water partition coefficient (Wildman–Crippen LogP) is 2.02. The lowest BCUT2D eigenvalue weighted by Gasteiger charge is -2.15. The molecule has 3 N–H and O–H groups in total. The average Bonchev–Trinajstić information content (AvgIpc) is 3.56. The average molecular weight is 421 g/mol. The van der Waals surface area contributed by atoms with Gasteiger partial charge in [0.05, 0.1) is 24.5 Å². The van der Waals surface area contributed by atoms with Crippen LogP contribution in [0.4, 0.5) is 0 Å². The number of carbonyl (C=O) groups is 2. The zero-order valence-electron chi connectivity index (χ0n) is 17.0. The number of amides is 2. The second-order valence-corrected chi connectivity index (χ2v) is 7.89. The molecular formula is C21H23N7O3. The van der Waals surface area contributed by atoms with Gasteiger partial charge in [-0.2, -0.15) is 0 Å². The molecule has 0 unspecified atom stereocenters. The maximum Gasteiger partial charge on any atom is 0.287 e. The van der Waals surface area contributed by atoms with Crippen LogP contribution < -0.4 is 10.6 Å². The molecule has 5 rings (SSSR count). The van der Waals surface area contributed by atoms with E-state index in [1.54, 1.807) is 18.3 Å². The maximum atomic E-state index is 12.4. The molecule has 0 aromatic carbocycles. The summed E-state index contributed by atoms with van der Waals surface area (Å²) in [6.07, 6.45) is 7.59. The normalized spacial score (nSPS) is 21.0. The molecule has 1 aliphatic carbocycles. The second-order valence-electron chi connectivity index (χ2n) is 7.89. The van der Waals surface area contributed by atoms with E-state index in [1.165, 1.54) is 6.26 Å². The van der Waals surface area contributed by atoms with Crippen molar-refractivity contribution in [3.05, 3.63) is 48.4 Å². The standard InChI is InChI=1S/C21H23N7O3/c1-2-12-8-13(25-18(29)11-24-21(30)16-4-3-7-31-16)9-14(12)20-27-26-17-10-23-19-15(28(17)20)5-6-22-19/h3-7,10,12-14,22H,2,8-9,11H2,1H3,(H,24,30)(H,25,29)/t12-,13+,14+/m1/s1. The molecule has 0 spiro atoms. The van der Waals surface area contributed by atoms with E-state index in [1.807, 2.05) is 12.3 Å². The van der Waals surface area contributed by atoms with Gasteiger partial charge < -0.3 is 20.0 Å². The molecule has 1 aliphatic rings. The minimum Gasteiger partial charge on any atom is -0.459 e. The highest BCUT2D eigenvalue weighted by atomic mass is 16.3. The van der Waals surface area contributed by atoms with E-state index in [-0.39, 0.29) is 30.2 Å². The highest BCUT2D eigenvalue weighted by Gasteiger charge is 2.37. The van der Waals surface area contributed by atoms with Crippen molar-refractivity contribution in [3.8, 4) is 0 Å². The van der Waals surface area contributed by atoms with Crippen molar-refractivity contribution in [1.82, 2.24) is 35.2 Å². The van der Waals surface area contributed by atoms with Crippen LogP contribution in [0, 0.1) is 5.92 Å². The summed E-state index contributed by atoms with van der Waals surface area (Å²) in [5.74, 6) is 1.00. The van der Waals surface area contributed by atoms with Crippen molar-refractivity contribution in [2.24, 2.45) is 5.92 Å². The van der Waals surface area contributed by atoms with Crippen LogP contribution in [0.25, 0.3) is 16.8 Å². The zero-order valence-corrected chi connectivity index (χ0v) is 17.0. The summed E-state index contributed by atoms with van der Waals surface area (Å²) in [6.45, 7) is 2.06. The van der Waals surface area contributed by atoms with Crippen molar-refractivity contribution < 1.29 is 14.0 Å². The number of nitrogens with one attached hydrogen (secondary N) is 3. The van der Waals surface area contributed by atoms with Gasteiger partial charge in [0.15, 0.2) is 17.1 Å². The summed E-state index contributed by atoms with van der Waals surface area (Å²) in [6, 6.07) is 5.17. The van der Waals surface area contributed by atoms with Gasteiger partial charge in [0.1, 0.15) is 5.82 Å². The fraction of sp³-hybridized carbons (Fsp3) is 0.381. The highest BCUT2D eigenvalue weighted by Crippen LogP contribution is 2.41. The molecule has 4 aromatic heterocycles. The van der Waals surface area contributed by atoms with Gasteiger partial charge in [0.25, 0.3) is 5.91 Å². The third-order valence-electron chi connectivity index (χ3n) is 6.04. The van der Waals surface area contributed by atoms with Crippen LogP contribution in [0.15, 0.2) is 41.3 Å². The Morgan fingerprint density at radius 3 is 3.00 bits per heavy atom. The van der Waals surface area contributed by atoms with Crippen LogP contribution in [-0.4, -0.2) is 49.0 Å². The summed E-state index contributed by atoms with van der Waals surface area (Å²) < 4.78 is 7.09. The lowest BCUT2D eigenvalue weighted by molar-refractivity contribution is -0.120. The van der Waals surface area contributed by atoms with Gasteiger partial charge in [0.2, 0.25) is 5.91 Å². The van der Waals surface area contributed by atoms with Crippen molar-refractivity contribution in [3.63, 3.8) is 0 Å². The minimum atomic E-state index is -0.407. The van der Waals surface area contributed by atoms with Gasteiger partial charge in [0, 0.05) is 18.2 Å². The van der Waals surface area contributed by atoms with Crippen molar-refractivity contribution >= 4 is 28.6 Å². The minimum absolute atomic E-state index is 0.0128. The van der Waals surface area contributed by atoms with E-state index in [0.29, 0.717) is 11.6 Å². The van der Waals surface area contributed by atoms with Crippen LogP contribution in [0.5, 0.6) is 0 Å². The molecule has 1 saturated carbocycles. The fourth-order valence-corrected chi connectivity index (χ4v) is 4.58. The number of nitrogens with zero attached hydrogens (tertiary/aromatic N) is 4. The highest BCUT2D eigenvalue weighted by molar-refractivity contribution is 5.94. The third kappa shape index (κ3) is 3.54. The Kier molecular flexibility index (Phi) is 4.89. The zero-order chi connectivity index (χ0) is 21.4. The molecule has 1 fully saturated rings. The Morgan fingerprint density at radius 2 is 2.19 bits per heavy atom. The van der Waals surface area contributed by atoms with Crippen LogP contribution in [-0.2, 0) is 4.79 Å². The van der Waals surface area contributed by atoms with E-state index in [2.05, 4.69) is 42.1 Å². The molecule has 0 saturated heterocycles. The smallest absolute Gasteiger partial charge is 0.287 e. The van der Waals surface area contributed by atoms with Gasteiger partial charge in [-0.15, -0.1) is 10.2 Å². The van der Waals surface area contributed by atoms with E-state index in [4.69, 9.17) is 4.42 Å². The number of hydrogen-bond acceptors (Lipinski definition) is 6. The number of H-pyrrole nitrogens is 1. The number of aromatic amines is 1. The summed E-state index contributed by atoms with van der Waals surface area (Å²) in [4.78, 5) is 31.9. The molecule has 4 aromatic rings. The number of rotatable bonds is 6. The Hall–Kier alpha value is -3.69. The van der Waals surface area contributed by atoms with E-state index in [9.17, 15) is 9.59 Å². The topological polar surface area (TPSA) is 130 Å². The van der Waals surface area contributed by atoms with Gasteiger partial charge >= 0.3 is 0 Å². The van der Waals surface area contributed by atoms with Crippen molar-refractivity contribution in [1.29, 1.82) is 0 Å². The molecule has 3 atom stereocenters. The Labute approximate surface area is 177 Å². The van der Waals surface area contributed by atoms with Gasteiger partial charge in [-0.3, -0.25) is 14.0 Å². The number of carbonyl (C=O) groups excluding carboxylic acids is 2. The lowest BCUT2D eigenvalue weighted by Crippen LogP contribution is -2.41. The molecule has 0 radical (unpaired) electrons. The molecule has 0 aliphatic heterocycles. The van der Waals surface area contributed by atoms with Crippen LogP contribution >= 0.6 is 0 Å². The molecule has 31 heavy (non-hydrogen) atoms. The van der Waals surface area contributed by atoms with E-state index in [0.717, 1.165) is 36.3 Å². The van der Waals surface area contributed by atoms with Crippen molar-refractivity contribution in [2.45, 2.75) is 38.1 Å². The molecule has 10 nitrogen and oxygen atoms in total. The maximum absolute atomic E-state index is 12.4. The van der Waals surface area contributed by atoms with Crippen LogP contribution in [0.1, 0.15) is 48.5 Å². The number of hydrogen-bond donors (Lipinski definition) is 3. The molecule has 160 valence electrons. The molecule has 4 heterocycles. The Balaban J connectivity index is 1.29. The van der Waals surface area contributed by atoms with E-state index >= 15 is 0 Å². The quantitative estimate of drug-likeness (QED) is 0.437. The number of furan rings is 1. The monoisotopic (exact) mass is 421 g/mol. The molecule has 10 heteroatoms. The SMILES string of the molecule is CC[C@@H]1C[C@H](NC(=O)CNC(=O)c2ccco2)C[C@@H]1c1nnc2cnc3[nH]ccc3n12. The second kappa shape index (κ2) is 7.86. The van der Waals surface area contributed by atoms with Gasteiger partial charge in [-0.05, 0) is 37.0 Å².